The highest BCUT2D eigenvalue weighted by Gasteiger charge is 2.15. The number of hydrogen-bond donors (Lipinski definition) is 2. The first-order valence-electron chi connectivity index (χ1n) is 7.69. The van der Waals surface area contributed by atoms with Gasteiger partial charge in [0, 0.05) is 12.1 Å². The zero-order chi connectivity index (χ0) is 18.4. The number of amides is 1. The van der Waals surface area contributed by atoms with Crippen LogP contribution < -0.4 is 10.0 Å². The maximum Gasteiger partial charge on any atom is 0.292 e. The molecule has 0 spiro atoms. The zero-order valence-corrected chi connectivity index (χ0v) is 14.9. The molecule has 0 aliphatic heterocycles. The number of carbonyl (C=O) groups excluding carboxylic acids is 2. The van der Waals surface area contributed by atoms with Gasteiger partial charge in [-0.2, -0.15) is 0 Å². The molecule has 1 amide bonds. The summed E-state index contributed by atoms with van der Waals surface area (Å²) in [6, 6.07) is 13.6. The van der Waals surface area contributed by atoms with E-state index >= 15 is 0 Å². The molecule has 0 radical (unpaired) electrons. The average molecular weight is 360 g/mol. The highest BCUT2D eigenvalue weighted by molar-refractivity contribution is 7.88. The van der Waals surface area contributed by atoms with Crippen LogP contribution in [-0.2, 0) is 27.1 Å². The Balaban J connectivity index is 1.93. The Bertz CT molecular complexity index is 857. The fourth-order valence-electron chi connectivity index (χ4n) is 2.14. The Morgan fingerprint density at radius 3 is 2.04 bits per heavy atom. The van der Waals surface area contributed by atoms with Crippen LogP contribution in [0.25, 0.3) is 0 Å². The van der Waals surface area contributed by atoms with Crippen molar-refractivity contribution in [3.8, 4) is 0 Å². The van der Waals surface area contributed by atoms with Gasteiger partial charge in [-0.15, -0.1) is 0 Å². The molecule has 25 heavy (non-hydrogen) atoms. The molecule has 0 saturated heterocycles. The summed E-state index contributed by atoms with van der Waals surface area (Å²) in [5, 5.41) is 2.57. The first kappa shape index (κ1) is 18.8. The number of ketones is 1. The van der Waals surface area contributed by atoms with Gasteiger partial charge < -0.3 is 5.32 Å². The van der Waals surface area contributed by atoms with Crippen LogP contribution in [0.4, 0.5) is 0 Å². The van der Waals surface area contributed by atoms with Crippen molar-refractivity contribution in [2.75, 3.05) is 7.05 Å². The van der Waals surface area contributed by atoms with Gasteiger partial charge in [-0.1, -0.05) is 54.1 Å². The summed E-state index contributed by atoms with van der Waals surface area (Å²) in [5.41, 5.74) is 2.77. The van der Waals surface area contributed by atoms with Crippen molar-refractivity contribution in [1.82, 2.24) is 10.0 Å². The van der Waals surface area contributed by atoms with Gasteiger partial charge in [0.15, 0.2) is 0 Å². The van der Waals surface area contributed by atoms with Gasteiger partial charge in [0.1, 0.15) is 0 Å². The molecule has 2 aromatic carbocycles. The summed E-state index contributed by atoms with van der Waals surface area (Å²) in [6.45, 7) is 2.09. The highest BCUT2D eigenvalue weighted by Crippen LogP contribution is 2.08. The third-order valence-electron chi connectivity index (χ3n) is 3.66. The lowest BCUT2D eigenvalue weighted by molar-refractivity contribution is -0.117. The predicted molar refractivity (Wildman–Crippen MR) is 95.5 cm³/mol. The number of carbonyl (C=O) groups is 2. The van der Waals surface area contributed by atoms with Gasteiger partial charge in [0.05, 0.1) is 5.75 Å². The van der Waals surface area contributed by atoms with E-state index in [9.17, 15) is 18.0 Å². The van der Waals surface area contributed by atoms with Crippen molar-refractivity contribution in [2.45, 2.75) is 19.2 Å². The Morgan fingerprint density at radius 2 is 1.48 bits per heavy atom. The predicted octanol–water partition coefficient (Wildman–Crippen LogP) is 1.54. The van der Waals surface area contributed by atoms with Crippen molar-refractivity contribution in [2.24, 2.45) is 0 Å². The number of benzene rings is 2. The normalized spacial score (nSPS) is 11.1. The number of hydrogen-bond acceptors (Lipinski definition) is 4. The number of Topliss-reactive ketones (excluding diaryl/α,β-unsaturated/α-hetero) is 1. The van der Waals surface area contributed by atoms with E-state index in [4.69, 9.17) is 0 Å². The molecule has 2 N–H and O–H groups in total. The smallest absolute Gasteiger partial charge is 0.292 e. The monoisotopic (exact) mass is 360 g/mol. The Kier molecular flexibility index (Phi) is 6.06. The van der Waals surface area contributed by atoms with Crippen LogP contribution in [0.1, 0.15) is 27.0 Å². The van der Waals surface area contributed by atoms with Crippen LogP contribution in [0, 0.1) is 6.92 Å². The van der Waals surface area contributed by atoms with Crippen LogP contribution in [0.5, 0.6) is 0 Å². The largest absolute Gasteiger partial charge is 0.345 e. The van der Waals surface area contributed by atoms with Crippen LogP contribution in [0.15, 0.2) is 48.5 Å². The van der Waals surface area contributed by atoms with E-state index in [0.717, 1.165) is 11.1 Å². The summed E-state index contributed by atoms with van der Waals surface area (Å²) in [4.78, 5) is 24.0. The molecular formula is C18H20N2O4S. The van der Waals surface area contributed by atoms with Gasteiger partial charge in [-0.25, -0.2) is 13.1 Å². The molecule has 0 aromatic heterocycles. The zero-order valence-electron chi connectivity index (χ0n) is 14.1. The quantitative estimate of drug-likeness (QED) is 0.579. The van der Waals surface area contributed by atoms with Crippen LogP contribution in [-0.4, -0.2) is 27.2 Å². The van der Waals surface area contributed by atoms with E-state index in [2.05, 4.69) is 10.0 Å². The second kappa shape index (κ2) is 8.04. The molecular weight excluding hydrogens is 340 g/mol. The lowest BCUT2D eigenvalue weighted by Crippen LogP contribution is -2.30. The fraction of sp³-hybridized carbons (Fsp3) is 0.222. The topological polar surface area (TPSA) is 92.3 Å². The maximum atomic E-state index is 12.0. The molecule has 0 saturated carbocycles. The lowest BCUT2D eigenvalue weighted by Gasteiger charge is -2.07. The van der Waals surface area contributed by atoms with Crippen LogP contribution in [0.3, 0.4) is 0 Å². The first-order valence-corrected chi connectivity index (χ1v) is 9.34. The van der Waals surface area contributed by atoms with Crippen LogP contribution in [0.2, 0.25) is 0 Å². The molecule has 0 heterocycles. The number of nitrogens with one attached hydrogen (secondary N) is 2. The minimum absolute atomic E-state index is 0.109. The van der Waals surface area contributed by atoms with E-state index in [1.54, 1.807) is 48.5 Å². The van der Waals surface area contributed by atoms with E-state index in [1.165, 1.54) is 7.05 Å². The molecule has 0 unspecified atom stereocenters. The number of rotatable bonds is 7. The van der Waals surface area contributed by atoms with Gasteiger partial charge in [-0.3, -0.25) is 9.59 Å². The highest BCUT2D eigenvalue weighted by atomic mass is 32.2. The number of sulfonamides is 1. The standard InChI is InChI=1S/C18H20N2O4S/c1-13-3-9-16(10-4-13)17(21)18(22)20-11-14-5-7-15(8-6-14)12-25(23,24)19-2/h3-10,19H,11-12H2,1-2H3,(H,20,22). The van der Waals surface area contributed by atoms with Crippen molar-refractivity contribution < 1.29 is 18.0 Å². The molecule has 0 fully saturated rings. The molecule has 0 aliphatic rings. The molecule has 0 aliphatic carbocycles. The van der Waals surface area contributed by atoms with Gasteiger partial charge in [0.2, 0.25) is 15.8 Å². The third-order valence-corrected chi connectivity index (χ3v) is 5.00. The van der Waals surface area contributed by atoms with E-state index in [0.29, 0.717) is 11.1 Å². The van der Waals surface area contributed by atoms with Gasteiger partial charge in [-0.05, 0) is 25.1 Å². The molecule has 132 valence electrons. The fourth-order valence-corrected chi connectivity index (χ4v) is 2.92. The summed E-state index contributed by atoms with van der Waals surface area (Å²) >= 11 is 0. The summed E-state index contributed by atoms with van der Waals surface area (Å²) < 4.78 is 25.2. The van der Waals surface area contributed by atoms with E-state index in [1.807, 2.05) is 6.92 Å². The Labute approximate surface area is 147 Å². The molecule has 7 heteroatoms. The third kappa shape index (κ3) is 5.51. The second-order valence-corrected chi connectivity index (χ2v) is 7.58. The lowest BCUT2D eigenvalue weighted by atomic mass is 10.1. The number of aryl methyl sites for hydroxylation is 1. The second-order valence-electron chi connectivity index (χ2n) is 5.66. The molecule has 0 bridgehead atoms. The van der Waals surface area contributed by atoms with E-state index in [-0.39, 0.29) is 12.3 Å². The van der Waals surface area contributed by atoms with Crippen molar-refractivity contribution >= 4 is 21.7 Å². The maximum absolute atomic E-state index is 12.0. The van der Waals surface area contributed by atoms with Crippen molar-refractivity contribution in [3.63, 3.8) is 0 Å². The van der Waals surface area contributed by atoms with E-state index < -0.39 is 21.7 Å². The Hall–Kier alpha value is -2.51. The first-order chi connectivity index (χ1) is 11.8. The summed E-state index contributed by atoms with van der Waals surface area (Å²) in [6.07, 6.45) is 0. The average Bonchev–Trinajstić information content (AvgIpc) is 2.60. The molecule has 0 atom stereocenters. The van der Waals surface area contributed by atoms with Gasteiger partial charge in [0.25, 0.3) is 5.91 Å². The minimum Gasteiger partial charge on any atom is -0.345 e. The van der Waals surface area contributed by atoms with Gasteiger partial charge >= 0.3 is 0 Å². The van der Waals surface area contributed by atoms with Crippen LogP contribution >= 0.6 is 0 Å². The molecule has 2 aromatic rings. The summed E-state index contributed by atoms with van der Waals surface area (Å²) in [5.74, 6) is -1.37. The minimum atomic E-state index is -3.32. The summed E-state index contributed by atoms with van der Waals surface area (Å²) in [7, 11) is -1.96. The molecule has 6 nitrogen and oxygen atoms in total. The molecule has 2 rings (SSSR count). The van der Waals surface area contributed by atoms with Crippen molar-refractivity contribution in [3.05, 3.63) is 70.8 Å². The Morgan fingerprint density at radius 1 is 0.920 bits per heavy atom. The SMILES string of the molecule is CNS(=O)(=O)Cc1ccc(CNC(=O)C(=O)c2ccc(C)cc2)cc1. The van der Waals surface area contributed by atoms with Crippen molar-refractivity contribution in [1.29, 1.82) is 0 Å².